The number of carbonyl (C=O) groups excluding carboxylic acids is 1. The molecule has 1 aromatic carbocycles. The standard InChI is InChI=1S/C16H21F3N2O3/c1-9-7-20(8-10(2)21(9)4-5-24-3)16(23)11-6-12(17)14(19)15(22)13(11)18/h6,9-10,22H,4-5,7-8H2,1-3H3/t9-,10-/m0/s1. The van der Waals surface area contributed by atoms with Gasteiger partial charge in [0.1, 0.15) is 0 Å². The molecule has 0 radical (unpaired) electrons. The summed E-state index contributed by atoms with van der Waals surface area (Å²) in [7, 11) is 1.60. The van der Waals surface area contributed by atoms with E-state index in [2.05, 4.69) is 4.90 Å². The van der Waals surface area contributed by atoms with Gasteiger partial charge in [-0.2, -0.15) is 4.39 Å². The van der Waals surface area contributed by atoms with Gasteiger partial charge >= 0.3 is 0 Å². The zero-order chi connectivity index (χ0) is 18.0. The maximum absolute atomic E-state index is 14.0. The number of benzene rings is 1. The number of piperazine rings is 1. The average Bonchev–Trinajstić information content (AvgIpc) is 2.54. The van der Waals surface area contributed by atoms with E-state index in [0.717, 1.165) is 0 Å². The van der Waals surface area contributed by atoms with Crippen LogP contribution in [0.5, 0.6) is 5.75 Å². The quantitative estimate of drug-likeness (QED) is 0.848. The van der Waals surface area contributed by atoms with Crippen molar-refractivity contribution in [1.82, 2.24) is 9.80 Å². The van der Waals surface area contributed by atoms with Gasteiger partial charge < -0.3 is 14.7 Å². The second-order valence-corrected chi connectivity index (χ2v) is 6.02. The highest BCUT2D eigenvalue weighted by molar-refractivity contribution is 5.95. The Morgan fingerprint density at radius 2 is 1.83 bits per heavy atom. The highest BCUT2D eigenvalue weighted by atomic mass is 19.2. The van der Waals surface area contributed by atoms with Crippen molar-refractivity contribution in [3.63, 3.8) is 0 Å². The molecule has 0 saturated carbocycles. The van der Waals surface area contributed by atoms with Crippen molar-refractivity contribution in [3.05, 3.63) is 29.1 Å². The first-order valence-electron chi connectivity index (χ1n) is 7.68. The van der Waals surface area contributed by atoms with Crippen molar-refractivity contribution in [1.29, 1.82) is 0 Å². The lowest BCUT2D eigenvalue weighted by molar-refractivity contribution is 0.0190. The third-order valence-electron chi connectivity index (χ3n) is 4.31. The van der Waals surface area contributed by atoms with Crippen molar-refractivity contribution < 1.29 is 27.8 Å². The minimum atomic E-state index is -1.70. The number of methoxy groups -OCH3 is 1. The van der Waals surface area contributed by atoms with Crippen LogP contribution < -0.4 is 0 Å². The minimum absolute atomic E-state index is 0.00481. The smallest absolute Gasteiger partial charge is 0.257 e. The summed E-state index contributed by atoms with van der Waals surface area (Å²) in [6.45, 7) is 5.71. The Kier molecular flexibility index (Phi) is 5.71. The molecule has 0 spiro atoms. The molecule has 0 unspecified atom stereocenters. The van der Waals surface area contributed by atoms with Crippen LogP contribution in [0, 0.1) is 17.5 Å². The summed E-state index contributed by atoms with van der Waals surface area (Å²) in [5, 5.41) is 9.28. The predicted octanol–water partition coefficient (Wildman–Crippen LogP) is 1.99. The minimum Gasteiger partial charge on any atom is -0.503 e. The van der Waals surface area contributed by atoms with Crippen LogP contribution in [0.15, 0.2) is 6.07 Å². The molecule has 0 aromatic heterocycles. The number of phenols is 1. The summed E-state index contributed by atoms with van der Waals surface area (Å²) in [5.74, 6) is -6.85. The van der Waals surface area contributed by atoms with Gasteiger partial charge in [-0.05, 0) is 19.9 Å². The van der Waals surface area contributed by atoms with Crippen LogP contribution in [0.4, 0.5) is 13.2 Å². The first kappa shape index (κ1) is 18.5. The molecule has 1 saturated heterocycles. The zero-order valence-corrected chi connectivity index (χ0v) is 13.9. The fourth-order valence-electron chi connectivity index (χ4n) is 3.08. The Bertz CT molecular complexity index is 615. The second kappa shape index (κ2) is 7.40. The Labute approximate surface area is 138 Å². The Balaban J connectivity index is 2.20. The molecule has 0 aliphatic carbocycles. The molecule has 1 aliphatic heterocycles. The first-order valence-corrected chi connectivity index (χ1v) is 7.68. The summed E-state index contributed by atoms with van der Waals surface area (Å²) < 4.78 is 45.6. The van der Waals surface area contributed by atoms with Gasteiger partial charge in [0.2, 0.25) is 5.82 Å². The number of hydrogen-bond donors (Lipinski definition) is 1. The zero-order valence-electron chi connectivity index (χ0n) is 13.9. The monoisotopic (exact) mass is 346 g/mol. The lowest BCUT2D eigenvalue weighted by atomic mass is 10.1. The Morgan fingerprint density at radius 3 is 2.38 bits per heavy atom. The van der Waals surface area contributed by atoms with Gasteiger partial charge in [-0.3, -0.25) is 9.69 Å². The van der Waals surface area contributed by atoms with Crippen LogP contribution in [0.25, 0.3) is 0 Å². The molecule has 2 atom stereocenters. The number of phenolic OH excluding ortho intramolecular Hbond substituents is 1. The highest BCUT2D eigenvalue weighted by Gasteiger charge is 2.34. The van der Waals surface area contributed by atoms with Gasteiger partial charge in [-0.1, -0.05) is 0 Å². The van der Waals surface area contributed by atoms with Crippen LogP contribution in [0.1, 0.15) is 24.2 Å². The summed E-state index contributed by atoms with van der Waals surface area (Å²) in [6, 6.07) is 0.476. The van der Waals surface area contributed by atoms with Crippen LogP contribution in [-0.4, -0.2) is 66.2 Å². The summed E-state index contributed by atoms with van der Waals surface area (Å²) in [6.07, 6.45) is 0. The molecule has 1 N–H and O–H groups in total. The molecule has 5 nitrogen and oxygen atoms in total. The van der Waals surface area contributed by atoms with Gasteiger partial charge in [0, 0.05) is 38.8 Å². The van der Waals surface area contributed by atoms with Crippen molar-refractivity contribution >= 4 is 5.91 Å². The van der Waals surface area contributed by atoms with Crippen molar-refractivity contribution in [2.24, 2.45) is 0 Å². The maximum atomic E-state index is 14.0. The van der Waals surface area contributed by atoms with E-state index in [1.165, 1.54) is 4.90 Å². The number of hydrogen-bond acceptors (Lipinski definition) is 4. The lowest BCUT2D eigenvalue weighted by Crippen LogP contribution is -2.58. The first-order chi connectivity index (χ1) is 11.3. The van der Waals surface area contributed by atoms with Crippen LogP contribution in [0.2, 0.25) is 0 Å². The molecule has 1 aliphatic rings. The van der Waals surface area contributed by atoms with Gasteiger partial charge in [-0.25, -0.2) is 8.78 Å². The highest BCUT2D eigenvalue weighted by Crippen LogP contribution is 2.27. The number of ether oxygens (including phenoxy) is 1. The van der Waals surface area contributed by atoms with E-state index in [1.54, 1.807) is 7.11 Å². The number of halogens is 3. The number of rotatable bonds is 4. The Hall–Kier alpha value is -1.80. The van der Waals surface area contributed by atoms with E-state index in [-0.39, 0.29) is 12.1 Å². The van der Waals surface area contributed by atoms with Crippen LogP contribution in [-0.2, 0) is 4.74 Å². The molecule has 1 fully saturated rings. The summed E-state index contributed by atoms with van der Waals surface area (Å²) in [4.78, 5) is 16.0. The van der Waals surface area contributed by atoms with E-state index >= 15 is 0 Å². The van der Waals surface area contributed by atoms with Crippen molar-refractivity contribution in [2.75, 3.05) is 33.4 Å². The second-order valence-electron chi connectivity index (χ2n) is 6.02. The molecular formula is C16H21F3N2O3. The van der Waals surface area contributed by atoms with E-state index in [0.29, 0.717) is 32.3 Å². The molecule has 1 amide bonds. The maximum Gasteiger partial charge on any atom is 0.257 e. The SMILES string of the molecule is COCCN1[C@@H](C)CN(C(=O)c2cc(F)c(F)c(O)c2F)C[C@@H]1C. The molecule has 2 rings (SSSR count). The predicted molar refractivity (Wildman–Crippen MR) is 81.4 cm³/mol. The topological polar surface area (TPSA) is 53.0 Å². The molecular weight excluding hydrogens is 325 g/mol. The summed E-state index contributed by atoms with van der Waals surface area (Å²) in [5.41, 5.74) is -0.670. The molecule has 1 heterocycles. The van der Waals surface area contributed by atoms with Crippen LogP contribution in [0.3, 0.4) is 0 Å². The van der Waals surface area contributed by atoms with Crippen LogP contribution >= 0.6 is 0 Å². The van der Waals surface area contributed by atoms with Gasteiger partial charge in [0.25, 0.3) is 5.91 Å². The summed E-state index contributed by atoms with van der Waals surface area (Å²) >= 11 is 0. The number of aromatic hydroxyl groups is 1. The van der Waals surface area contributed by atoms with E-state index in [9.17, 15) is 23.1 Å². The average molecular weight is 346 g/mol. The number of carbonyl (C=O) groups is 1. The molecule has 1 aromatic rings. The van der Waals surface area contributed by atoms with Crippen molar-refractivity contribution in [2.45, 2.75) is 25.9 Å². The van der Waals surface area contributed by atoms with Gasteiger partial charge in [-0.15, -0.1) is 0 Å². The van der Waals surface area contributed by atoms with Crippen molar-refractivity contribution in [3.8, 4) is 5.75 Å². The molecule has 24 heavy (non-hydrogen) atoms. The van der Waals surface area contributed by atoms with Gasteiger partial charge in [0.05, 0.1) is 12.2 Å². The number of nitrogens with zero attached hydrogens (tertiary/aromatic N) is 2. The van der Waals surface area contributed by atoms with E-state index in [4.69, 9.17) is 4.74 Å². The molecule has 0 bridgehead atoms. The normalized spacial score (nSPS) is 22.0. The largest absolute Gasteiger partial charge is 0.503 e. The Morgan fingerprint density at radius 1 is 1.25 bits per heavy atom. The van der Waals surface area contributed by atoms with E-state index < -0.39 is 34.7 Å². The van der Waals surface area contributed by atoms with E-state index in [1.807, 2.05) is 13.8 Å². The fraction of sp³-hybridized carbons (Fsp3) is 0.562. The molecule has 134 valence electrons. The lowest BCUT2D eigenvalue weighted by Gasteiger charge is -2.44. The number of amides is 1. The fourth-order valence-corrected chi connectivity index (χ4v) is 3.08. The molecule has 8 heteroatoms. The third-order valence-corrected chi connectivity index (χ3v) is 4.31. The third kappa shape index (κ3) is 3.49. The van der Waals surface area contributed by atoms with Gasteiger partial charge in [0.15, 0.2) is 17.4 Å².